The van der Waals surface area contributed by atoms with Gasteiger partial charge in [0.05, 0.1) is 0 Å². The van der Waals surface area contributed by atoms with Crippen LogP contribution in [0.25, 0.3) is 0 Å². The minimum atomic E-state index is -0.198. The second kappa shape index (κ2) is 4.53. The van der Waals surface area contributed by atoms with Crippen LogP contribution < -0.4 is 0 Å². The van der Waals surface area contributed by atoms with Crippen molar-refractivity contribution < 1.29 is 9.59 Å². The standard InChI is InChI=1S/C14H15NO2/c1-10-8-13(16)15(14(10)17)11(2)9-12-6-4-3-5-7-12/h3-8,11H,9H2,1-2H3. The van der Waals surface area contributed by atoms with Crippen molar-refractivity contribution in [3.63, 3.8) is 0 Å². The molecule has 0 aliphatic carbocycles. The van der Waals surface area contributed by atoms with E-state index in [0.29, 0.717) is 12.0 Å². The van der Waals surface area contributed by atoms with Gasteiger partial charge in [0.25, 0.3) is 11.8 Å². The number of rotatable bonds is 3. The Labute approximate surface area is 101 Å². The molecule has 1 atom stereocenters. The van der Waals surface area contributed by atoms with Crippen LogP contribution in [-0.4, -0.2) is 22.8 Å². The van der Waals surface area contributed by atoms with Gasteiger partial charge in [-0.05, 0) is 25.8 Å². The van der Waals surface area contributed by atoms with Gasteiger partial charge < -0.3 is 0 Å². The fraction of sp³-hybridized carbons (Fsp3) is 0.286. The van der Waals surface area contributed by atoms with Crippen LogP contribution in [0.2, 0.25) is 0 Å². The summed E-state index contributed by atoms with van der Waals surface area (Å²) in [4.78, 5) is 24.8. The van der Waals surface area contributed by atoms with E-state index in [0.717, 1.165) is 5.56 Å². The maximum atomic E-state index is 11.8. The van der Waals surface area contributed by atoms with Crippen LogP contribution in [0.3, 0.4) is 0 Å². The molecule has 0 fully saturated rings. The zero-order valence-electron chi connectivity index (χ0n) is 10.0. The van der Waals surface area contributed by atoms with Gasteiger partial charge in [-0.2, -0.15) is 0 Å². The van der Waals surface area contributed by atoms with Crippen LogP contribution in [0.15, 0.2) is 42.0 Å². The van der Waals surface area contributed by atoms with Crippen molar-refractivity contribution in [2.24, 2.45) is 0 Å². The normalized spacial score (nSPS) is 17.3. The monoisotopic (exact) mass is 229 g/mol. The Bertz CT molecular complexity index is 476. The van der Waals surface area contributed by atoms with E-state index < -0.39 is 0 Å². The maximum absolute atomic E-state index is 11.8. The van der Waals surface area contributed by atoms with Gasteiger partial charge in [-0.25, -0.2) is 0 Å². The molecule has 1 heterocycles. The lowest BCUT2D eigenvalue weighted by molar-refractivity contribution is -0.139. The molecule has 0 spiro atoms. The van der Waals surface area contributed by atoms with E-state index in [1.54, 1.807) is 6.92 Å². The van der Waals surface area contributed by atoms with Crippen LogP contribution >= 0.6 is 0 Å². The maximum Gasteiger partial charge on any atom is 0.256 e. The molecule has 0 saturated carbocycles. The first kappa shape index (κ1) is 11.6. The van der Waals surface area contributed by atoms with Crippen LogP contribution in [0.5, 0.6) is 0 Å². The van der Waals surface area contributed by atoms with Crippen molar-refractivity contribution in [3.05, 3.63) is 47.5 Å². The molecule has 0 N–H and O–H groups in total. The van der Waals surface area contributed by atoms with Crippen molar-refractivity contribution in [3.8, 4) is 0 Å². The molecule has 0 aromatic heterocycles. The summed E-state index contributed by atoms with van der Waals surface area (Å²) in [5, 5.41) is 0. The van der Waals surface area contributed by atoms with Crippen LogP contribution in [0.4, 0.5) is 0 Å². The summed E-state index contributed by atoms with van der Waals surface area (Å²) in [6.07, 6.45) is 2.10. The third-order valence-electron chi connectivity index (χ3n) is 2.95. The molecule has 1 aromatic carbocycles. The average Bonchev–Trinajstić information content (AvgIpc) is 2.54. The molecule has 1 aromatic rings. The van der Waals surface area contributed by atoms with Crippen molar-refractivity contribution >= 4 is 11.8 Å². The minimum Gasteiger partial charge on any atom is -0.272 e. The van der Waals surface area contributed by atoms with Gasteiger partial charge in [0.15, 0.2) is 0 Å². The van der Waals surface area contributed by atoms with Gasteiger partial charge >= 0.3 is 0 Å². The highest BCUT2D eigenvalue weighted by atomic mass is 16.2. The van der Waals surface area contributed by atoms with Gasteiger partial charge in [0.2, 0.25) is 0 Å². The molecular weight excluding hydrogens is 214 g/mol. The van der Waals surface area contributed by atoms with E-state index in [4.69, 9.17) is 0 Å². The molecule has 2 amide bonds. The van der Waals surface area contributed by atoms with E-state index in [-0.39, 0.29) is 17.9 Å². The van der Waals surface area contributed by atoms with Gasteiger partial charge in [-0.1, -0.05) is 30.3 Å². The van der Waals surface area contributed by atoms with E-state index in [2.05, 4.69) is 0 Å². The fourth-order valence-corrected chi connectivity index (χ4v) is 2.07. The first-order chi connectivity index (χ1) is 8.09. The summed E-state index contributed by atoms with van der Waals surface area (Å²) in [6, 6.07) is 9.76. The van der Waals surface area contributed by atoms with Crippen molar-refractivity contribution in [2.45, 2.75) is 26.3 Å². The Morgan fingerprint density at radius 1 is 1.18 bits per heavy atom. The average molecular weight is 229 g/mol. The van der Waals surface area contributed by atoms with E-state index in [1.807, 2.05) is 37.3 Å². The zero-order valence-corrected chi connectivity index (χ0v) is 10.0. The predicted molar refractivity (Wildman–Crippen MR) is 65.2 cm³/mol. The summed E-state index contributed by atoms with van der Waals surface area (Å²) in [6.45, 7) is 3.57. The zero-order chi connectivity index (χ0) is 12.4. The van der Waals surface area contributed by atoms with Gasteiger partial charge in [0.1, 0.15) is 0 Å². The number of carbonyl (C=O) groups excluding carboxylic acids is 2. The van der Waals surface area contributed by atoms with Crippen molar-refractivity contribution in [2.75, 3.05) is 0 Å². The lowest BCUT2D eigenvalue weighted by Gasteiger charge is -2.22. The number of nitrogens with zero attached hydrogens (tertiary/aromatic N) is 1. The number of carbonyl (C=O) groups is 2. The number of imide groups is 1. The Morgan fingerprint density at radius 3 is 2.35 bits per heavy atom. The van der Waals surface area contributed by atoms with Crippen molar-refractivity contribution in [1.29, 1.82) is 0 Å². The molecule has 3 heteroatoms. The minimum absolute atomic E-state index is 0.105. The number of hydrogen-bond acceptors (Lipinski definition) is 2. The molecule has 0 radical (unpaired) electrons. The number of benzene rings is 1. The van der Waals surface area contributed by atoms with E-state index in [1.165, 1.54) is 11.0 Å². The molecule has 1 aliphatic rings. The van der Waals surface area contributed by atoms with E-state index >= 15 is 0 Å². The highest BCUT2D eigenvalue weighted by Crippen LogP contribution is 2.17. The third-order valence-corrected chi connectivity index (χ3v) is 2.95. The topological polar surface area (TPSA) is 37.4 Å². The second-order valence-corrected chi connectivity index (χ2v) is 4.38. The van der Waals surface area contributed by atoms with Crippen LogP contribution in [-0.2, 0) is 16.0 Å². The second-order valence-electron chi connectivity index (χ2n) is 4.38. The third kappa shape index (κ3) is 2.28. The predicted octanol–water partition coefficient (Wildman–Crippen LogP) is 1.93. The fourth-order valence-electron chi connectivity index (χ4n) is 2.07. The molecule has 1 aliphatic heterocycles. The SMILES string of the molecule is CC1=CC(=O)N(C(C)Cc2ccccc2)C1=O. The van der Waals surface area contributed by atoms with Gasteiger partial charge in [-0.3, -0.25) is 14.5 Å². The first-order valence-electron chi connectivity index (χ1n) is 5.69. The Hall–Kier alpha value is -1.90. The molecule has 17 heavy (non-hydrogen) atoms. The van der Waals surface area contributed by atoms with Crippen molar-refractivity contribution in [1.82, 2.24) is 4.90 Å². The molecule has 0 saturated heterocycles. The number of amides is 2. The lowest BCUT2D eigenvalue weighted by Crippen LogP contribution is -2.40. The lowest BCUT2D eigenvalue weighted by atomic mass is 10.1. The van der Waals surface area contributed by atoms with E-state index in [9.17, 15) is 9.59 Å². The highest BCUT2D eigenvalue weighted by molar-refractivity contribution is 6.16. The summed E-state index contributed by atoms with van der Waals surface area (Å²) >= 11 is 0. The van der Waals surface area contributed by atoms with Crippen LogP contribution in [0.1, 0.15) is 19.4 Å². The van der Waals surface area contributed by atoms with Crippen LogP contribution in [0, 0.1) is 0 Å². The van der Waals surface area contributed by atoms with Gasteiger partial charge in [0, 0.05) is 17.7 Å². The molecular formula is C14H15NO2. The summed E-state index contributed by atoms with van der Waals surface area (Å²) in [5.74, 6) is -0.366. The quantitative estimate of drug-likeness (QED) is 0.743. The largest absolute Gasteiger partial charge is 0.272 e. The molecule has 0 bridgehead atoms. The smallest absolute Gasteiger partial charge is 0.256 e. The summed E-state index contributed by atoms with van der Waals surface area (Å²) in [7, 11) is 0. The van der Waals surface area contributed by atoms with Gasteiger partial charge in [-0.15, -0.1) is 0 Å². The highest BCUT2D eigenvalue weighted by Gasteiger charge is 2.32. The molecule has 3 nitrogen and oxygen atoms in total. The molecule has 88 valence electrons. The number of hydrogen-bond donors (Lipinski definition) is 0. The Morgan fingerprint density at radius 2 is 1.82 bits per heavy atom. The molecule has 2 rings (SSSR count). The Kier molecular flexibility index (Phi) is 3.09. The summed E-state index contributed by atoms with van der Waals surface area (Å²) < 4.78 is 0. The first-order valence-corrected chi connectivity index (χ1v) is 5.69. The summed E-state index contributed by atoms with van der Waals surface area (Å²) in [5.41, 5.74) is 1.65. The Balaban J connectivity index is 2.10. The molecule has 1 unspecified atom stereocenters.